The lowest BCUT2D eigenvalue weighted by molar-refractivity contribution is -0.204. The van der Waals surface area contributed by atoms with Gasteiger partial charge in [0.25, 0.3) is 0 Å². The molecule has 4 bridgehead atoms. The summed E-state index contributed by atoms with van der Waals surface area (Å²) in [6.45, 7) is 1.55. The second kappa shape index (κ2) is 5.94. The van der Waals surface area contributed by atoms with E-state index in [1.807, 2.05) is 0 Å². The van der Waals surface area contributed by atoms with Gasteiger partial charge in [-0.3, -0.25) is 9.59 Å². The van der Waals surface area contributed by atoms with Crippen molar-refractivity contribution >= 4 is 17.9 Å². The molecule has 0 unspecified atom stereocenters. The minimum Gasteiger partial charge on any atom is -0.481 e. The maximum absolute atomic E-state index is 13.0. The molecule has 0 aliphatic heterocycles. The van der Waals surface area contributed by atoms with E-state index in [0.717, 1.165) is 19.3 Å². The first-order valence-corrected chi connectivity index (χ1v) is 10.7. The van der Waals surface area contributed by atoms with Crippen molar-refractivity contribution in [2.24, 2.45) is 46.7 Å². The van der Waals surface area contributed by atoms with Crippen LogP contribution in [0.2, 0.25) is 0 Å². The van der Waals surface area contributed by atoms with Crippen molar-refractivity contribution < 1.29 is 29.0 Å². The molecule has 7 nitrogen and oxygen atoms in total. The number of nitrogens with two attached hydrogens (primary N) is 1. The topological polar surface area (TPSA) is 116 Å². The van der Waals surface area contributed by atoms with E-state index < -0.39 is 35.1 Å². The summed E-state index contributed by atoms with van der Waals surface area (Å²) in [4.78, 5) is 36.9. The van der Waals surface area contributed by atoms with E-state index in [0.29, 0.717) is 30.6 Å². The number of aliphatic carboxylic acids is 1. The lowest BCUT2D eigenvalue weighted by Crippen LogP contribution is -2.53. The minimum absolute atomic E-state index is 0.0417. The fourth-order valence-electron chi connectivity index (χ4n) is 7.50. The van der Waals surface area contributed by atoms with Gasteiger partial charge in [-0.25, -0.2) is 4.79 Å². The van der Waals surface area contributed by atoms with Crippen LogP contribution >= 0.6 is 0 Å². The number of hydrogen-bond acceptors (Lipinski definition) is 6. The summed E-state index contributed by atoms with van der Waals surface area (Å²) in [6.07, 6.45) is 6.42. The molecule has 6 fully saturated rings. The van der Waals surface area contributed by atoms with Crippen molar-refractivity contribution in [3.05, 3.63) is 0 Å². The second-order valence-electron chi connectivity index (χ2n) is 10.2. The van der Waals surface area contributed by atoms with Gasteiger partial charge in [-0.05, 0) is 75.0 Å². The Morgan fingerprint density at radius 3 is 2.04 bits per heavy atom. The van der Waals surface area contributed by atoms with Gasteiger partial charge in [-0.1, -0.05) is 0 Å². The Balaban J connectivity index is 1.21. The molecular weight excluding hydrogens is 362 g/mol. The third-order valence-corrected chi connectivity index (χ3v) is 8.34. The van der Waals surface area contributed by atoms with Crippen molar-refractivity contribution in [3.63, 3.8) is 0 Å². The summed E-state index contributed by atoms with van der Waals surface area (Å²) >= 11 is 0. The average Bonchev–Trinajstić information content (AvgIpc) is 3.24. The van der Waals surface area contributed by atoms with E-state index in [9.17, 15) is 19.5 Å². The third-order valence-electron chi connectivity index (χ3n) is 8.34. The van der Waals surface area contributed by atoms with Gasteiger partial charge in [-0.2, -0.15) is 0 Å². The number of ether oxygens (including phenoxy) is 2. The number of rotatable bonds is 5. The Kier molecular flexibility index (Phi) is 3.90. The molecule has 28 heavy (non-hydrogen) atoms. The second-order valence-corrected chi connectivity index (χ2v) is 10.2. The number of carbonyl (C=O) groups excluding carboxylic acids is 2. The number of hydrogen-bond donors (Lipinski definition) is 2. The Bertz CT molecular complexity index is 699. The van der Waals surface area contributed by atoms with Gasteiger partial charge in [0.1, 0.15) is 5.54 Å². The molecule has 0 aromatic carbocycles. The van der Waals surface area contributed by atoms with Crippen LogP contribution in [0, 0.1) is 40.9 Å². The summed E-state index contributed by atoms with van der Waals surface area (Å²) in [5, 5.41) is 9.25. The Morgan fingerprint density at radius 2 is 1.54 bits per heavy atom. The fraction of sp³-hybridized carbons (Fsp3) is 0.857. The Hall–Kier alpha value is -1.63. The quantitative estimate of drug-likeness (QED) is 0.544. The van der Waals surface area contributed by atoms with Gasteiger partial charge in [0.2, 0.25) is 6.29 Å². The molecule has 0 aromatic rings. The highest BCUT2D eigenvalue weighted by Gasteiger charge is 2.70. The van der Waals surface area contributed by atoms with Gasteiger partial charge >= 0.3 is 17.9 Å². The summed E-state index contributed by atoms with van der Waals surface area (Å²) in [5.41, 5.74) is 4.58. The van der Waals surface area contributed by atoms with E-state index in [2.05, 4.69) is 0 Å². The Labute approximate surface area is 164 Å². The van der Waals surface area contributed by atoms with Crippen LogP contribution in [0.25, 0.3) is 0 Å². The lowest BCUT2D eigenvalue weighted by Gasteiger charge is -2.55. The van der Waals surface area contributed by atoms with Crippen molar-refractivity contribution in [2.75, 3.05) is 0 Å². The predicted octanol–water partition coefficient (Wildman–Crippen LogP) is 2.07. The van der Waals surface area contributed by atoms with Crippen LogP contribution in [0.1, 0.15) is 58.3 Å². The number of carboxylic acids is 1. The normalized spacial score (nSPS) is 48.6. The molecule has 0 saturated heterocycles. The van der Waals surface area contributed by atoms with Gasteiger partial charge in [0.05, 0.1) is 11.3 Å². The van der Waals surface area contributed by atoms with Crippen LogP contribution in [-0.4, -0.2) is 34.8 Å². The summed E-state index contributed by atoms with van der Waals surface area (Å²) < 4.78 is 11.0. The van der Waals surface area contributed by atoms with Crippen molar-refractivity contribution in [1.82, 2.24) is 0 Å². The Morgan fingerprint density at radius 1 is 1.00 bits per heavy atom. The molecule has 0 radical (unpaired) electrons. The highest BCUT2D eigenvalue weighted by Crippen LogP contribution is 2.62. The molecule has 3 N–H and O–H groups in total. The molecule has 0 aromatic heterocycles. The molecule has 0 spiro atoms. The van der Waals surface area contributed by atoms with Crippen LogP contribution in [0.15, 0.2) is 0 Å². The average molecular weight is 391 g/mol. The lowest BCUT2D eigenvalue weighted by atomic mass is 9.49. The van der Waals surface area contributed by atoms with E-state index in [4.69, 9.17) is 15.2 Å². The van der Waals surface area contributed by atoms with E-state index in [1.165, 1.54) is 19.3 Å². The zero-order valence-corrected chi connectivity index (χ0v) is 16.3. The van der Waals surface area contributed by atoms with Gasteiger partial charge in [-0.15, -0.1) is 0 Å². The highest BCUT2D eigenvalue weighted by atomic mass is 16.7. The number of fused-ring (bicyclic) bond motifs is 1. The van der Waals surface area contributed by atoms with Crippen LogP contribution in [0.5, 0.6) is 0 Å². The first-order chi connectivity index (χ1) is 13.2. The van der Waals surface area contributed by atoms with E-state index in [1.54, 1.807) is 6.92 Å². The molecule has 6 saturated carbocycles. The van der Waals surface area contributed by atoms with E-state index in [-0.39, 0.29) is 17.8 Å². The van der Waals surface area contributed by atoms with Gasteiger partial charge in [0.15, 0.2) is 0 Å². The summed E-state index contributed by atoms with van der Waals surface area (Å²) in [6, 6.07) is 0. The first kappa shape index (κ1) is 18.4. The van der Waals surface area contributed by atoms with Crippen LogP contribution in [0.4, 0.5) is 0 Å². The molecule has 154 valence electrons. The molecule has 0 amide bonds. The first-order valence-electron chi connectivity index (χ1n) is 10.7. The monoisotopic (exact) mass is 391 g/mol. The molecule has 6 rings (SSSR count). The van der Waals surface area contributed by atoms with Crippen molar-refractivity contribution in [2.45, 2.75) is 70.1 Å². The maximum Gasteiger partial charge on any atom is 0.329 e. The van der Waals surface area contributed by atoms with Crippen LogP contribution < -0.4 is 5.73 Å². The smallest absolute Gasteiger partial charge is 0.329 e. The number of carboxylic acid groups (broad SMARTS) is 1. The summed E-state index contributed by atoms with van der Waals surface area (Å²) in [5.74, 6) is -0.878. The molecule has 6 aliphatic carbocycles. The standard InChI is InChI=1S/C21H29NO6/c1-10(28-19(26)21(22)3-2-14-15(16(14)21)17(23)24)27-18(25)20-7-11-4-12(8-20)6-13(5-11)9-20/h10-16H,2-9,22H2,1H3,(H,23,24)/t10-,11?,12?,13?,14-,15-,16-,20?,21-/m0/s1. The van der Waals surface area contributed by atoms with E-state index >= 15 is 0 Å². The third kappa shape index (κ3) is 2.61. The fourth-order valence-corrected chi connectivity index (χ4v) is 7.50. The zero-order valence-electron chi connectivity index (χ0n) is 16.3. The van der Waals surface area contributed by atoms with Crippen molar-refractivity contribution in [3.8, 4) is 0 Å². The molecule has 0 heterocycles. The molecule has 5 atom stereocenters. The number of esters is 2. The number of carbonyl (C=O) groups is 3. The highest BCUT2D eigenvalue weighted by molar-refractivity contribution is 5.86. The van der Waals surface area contributed by atoms with Crippen molar-refractivity contribution in [1.29, 1.82) is 0 Å². The predicted molar refractivity (Wildman–Crippen MR) is 96.5 cm³/mol. The largest absolute Gasteiger partial charge is 0.481 e. The van der Waals surface area contributed by atoms with Crippen LogP contribution in [-0.2, 0) is 23.9 Å². The zero-order chi connectivity index (χ0) is 19.8. The molecular formula is C21H29NO6. The SMILES string of the molecule is C[C@@H](OC(=O)C12CC3CC(CC(C3)C1)C2)OC(=O)[C@]1(N)CC[C@H]2[C@H](C(=O)O)[C@H]21. The minimum atomic E-state index is -1.28. The summed E-state index contributed by atoms with van der Waals surface area (Å²) in [7, 11) is 0. The molecule has 6 aliphatic rings. The van der Waals surface area contributed by atoms with Gasteiger partial charge < -0.3 is 20.3 Å². The maximum atomic E-state index is 13.0. The molecule has 7 heteroatoms. The van der Waals surface area contributed by atoms with Gasteiger partial charge in [0, 0.05) is 12.8 Å². The van der Waals surface area contributed by atoms with Crippen LogP contribution in [0.3, 0.4) is 0 Å².